The summed E-state index contributed by atoms with van der Waals surface area (Å²) in [5, 5.41) is 12.5. The Morgan fingerprint density at radius 1 is 1.11 bits per heavy atom. The highest BCUT2D eigenvalue weighted by molar-refractivity contribution is 6.46. The molecule has 2 aliphatic rings. The van der Waals surface area contributed by atoms with Crippen LogP contribution in [0, 0.1) is 12.7 Å². The summed E-state index contributed by atoms with van der Waals surface area (Å²) in [5.74, 6) is -1.43. The fourth-order valence-corrected chi connectivity index (χ4v) is 5.43. The quantitative estimate of drug-likeness (QED) is 0.227. The van der Waals surface area contributed by atoms with Gasteiger partial charge in [0.05, 0.1) is 23.8 Å². The predicted octanol–water partition coefficient (Wildman–Crippen LogP) is 5.07. The molecule has 1 atom stereocenters. The minimum Gasteiger partial charge on any atom is -0.507 e. The fraction of sp³-hybridized carbons (Fsp3) is 0.200. The summed E-state index contributed by atoms with van der Waals surface area (Å²) in [7, 11) is 1.93. The average molecular weight is 512 g/mol. The maximum atomic E-state index is 13.6. The van der Waals surface area contributed by atoms with Crippen molar-refractivity contribution in [2.24, 2.45) is 0 Å². The van der Waals surface area contributed by atoms with Crippen LogP contribution in [0.1, 0.15) is 28.4 Å². The van der Waals surface area contributed by atoms with Gasteiger partial charge >= 0.3 is 0 Å². The number of aromatic nitrogens is 1. The molecule has 0 spiro atoms. The standard InChI is InChI=1S/C30H26FN3O4/c1-17-25(21-5-3-4-6-22(21)32-17)27-26(28(35)19-9-12-24-23(15-19)33(2)13-14-38-24)29(36)30(37)34(27)16-18-7-10-20(31)11-8-18/h3-12,15,27,32,35H,13-14,16H2,1-2H3/b28-26+. The van der Waals surface area contributed by atoms with Gasteiger partial charge in [0.1, 0.15) is 23.9 Å². The molecule has 0 saturated carbocycles. The summed E-state index contributed by atoms with van der Waals surface area (Å²) in [4.78, 5) is 33.9. The monoisotopic (exact) mass is 511 g/mol. The Balaban J connectivity index is 1.55. The molecule has 7 nitrogen and oxygen atoms in total. The molecule has 2 N–H and O–H groups in total. The molecule has 3 heterocycles. The number of nitrogens with zero attached hydrogens (tertiary/aromatic N) is 2. The van der Waals surface area contributed by atoms with Crippen LogP contribution in [0.25, 0.3) is 16.7 Å². The summed E-state index contributed by atoms with van der Waals surface area (Å²) in [6.07, 6.45) is 0. The first-order valence-electron chi connectivity index (χ1n) is 12.4. The van der Waals surface area contributed by atoms with Crippen LogP contribution in [-0.2, 0) is 16.1 Å². The number of hydrogen-bond donors (Lipinski definition) is 2. The van der Waals surface area contributed by atoms with Crippen LogP contribution in [-0.4, -0.2) is 46.9 Å². The zero-order valence-corrected chi connectivity index (χ0v) is 21.0. The number of para-hydroxylation sites is 1. The van der Waals surface area contributed by atoms with Gasteiger partial charge in [-0.25, -0.2) is 4.39 Å². The van der Waals surface area contributed by atoms with E-state index in [2.05, 4.69) is 4.98 Å². The molecule has 8 heteroatoms. The van der Waals surface area contributed by atoms with Crippen LogP contribution < -0.4 is 9.64 Å². The van der Waals surface area contributed by atoms with E-state index in [4.69, 9.17) is 4.74 Å². The normalized spacial score (nSPS) is 18.7. The first-order chi connectivity index (χ1) is 18.3. The Labute approximate surface area is 218 Å². The van der Waals surface area contributed by atoms with Gasteiger partial charge in [-0.15, -0.1) is 0 Å². The van der Waals surface area contributed by atoms with E-state index in [0.29, 0.717) is 30.0 Å². The molecule has 1 fully saturated rings. The van der Waals surface area contributed by atoms with E-state index < -0.39 is 17.7 Å². The number of Topliss-reactive ketones (excluding diaryl/α,β-unsaturated/α-hetero) is 1. The van der Waals surface area contributed by atoms with Crippen LogP contribution >= 0.6 is 0 Å². The van der Waals surface area contributed by atoms with E-state index in [-0.39, 0.29) is 23.7 Å². The lowest BCUT2D eigenvalue weighted by Crippen LogP contribution is -2.29. The van der Waals surface area contributed by atoms with Crippen LogP contribution in [0.3, 0.4) is 0 Å². The van der Waals surface area contributed by atoms with Crippen molar-refractivity contribution in [2.75, 3.05) is 25.1 Å². The van der Waals surface area contributed by atoms with Crippen molar-refractivity contribution in [3.05, 3.63) is 101 Å². The SMILES string of the molecule is Cc1[nH]c2ccccc2c1C1/C(=C(\O)c2ccc3c(c2)N(C)CCO3)C(=O)C(=O)N1Cc1ccc(F)cc1. The number of likely N-dealkylation sites (N-methyl/N-ethyl adjacent to an activating group) is 1. The molecule has 6 rings (SSSR count). The van der Waals surface area contributed by atoms with Crippen LogP contribution in [0.15, 0.2) is 72.3 Å². The van der Waals surface area contributed by atoms with Gasteiger partial charge in [0.15, 0.2) is 0 Å². The second-order valence-electron chi connectivity index (χ2n) is 9.72. The number of aromatic amines is 1. The van der Waals surface area contributed by atoms with Crippen LogP contribution in [0.4, 0.5) is 10.1 Å². The first-order valence-corrected chi connectivity index (χ1v) is 12.4. The van der Waals surface area contributed by atoms with Crippen LogP contribution in [0.2, 0.25) is 0 Å². The molecule has 0 aliphatic carbocycles. The summed E-state index contributed by atoms with van der Waals surface area (Å²) < 4.78 is 19.3. The highest BCUT2D eigenvalue weighted by atomic mass is 19.1. The lowest BCUT2D eigenvalue weighted by atomic mass is 9.93. The number of fused-ring (bicyclic) bond motifs is 2. The number of aliphatic hydroxyl groups excluding tert-OH is 1. The van der Waals surface area contributed by atoms with E-state index in [0.717, 1.165) is 27.8 Å². The Bertz CT molecular complexity index is 1620. The molecule has 1 unspecified atom stereocenters. The number of anilines is 1. The zero-order valence-electron chi connectivity index (χ0n) is 21.0. The van der Waals surface area contributed by atoms with E-state index in [9.17, 15) is 19.1 Å². The second-order valence-corrected chi connectivity index (χ2v) is 9.72. The first kappa shape index (κ1) is 23.8. The predicted molar refractivity (Wildman–Crippen MR) is 142 cm³/mol. The van der Waals surface area contributed by atoms with E-state index in [1.807, 2.05) is 43.1 Å². The van der Waals surface area contributed by atoms with Crippen molar-refractivity contribution in [1.82, 2.24) is 9.88 Å². The molecule has 1 saturated heterocycles. The number of carbonyl (C=O) groups excluding carboxylic acids is 2. The van der Waals surface area contributed by atoms with Crippen molar-refractivity contribution >= 4 is 34.0 Å². The number of rotatable bonds is 4. The Kier molecular flexibility index (Phi) is 5.67. The Morgan fingerprint density at radius 2 is 1.87 bits per heavy atom. The zero-order chi connectivity index (χ0) is 26.6. The number of hydrogen-bond acceptors (Lipinski definition) is 5. The molecule has 3 aromatic carbocycles. The van der Waals surface area contributed by atoms with Crippen LogP contribution in [0.5, 0.6) is 5.75 Å². The number of aryl methyl sites for hydroxylation is 1. The number of halogens is 1. The number of likely N-dealkylation sites (tertiary alicyclic amines) is 1. The number of amides is 1. The third-order valence-electron chi connectivity index (χ3n) is 7.35. The highest BCUT2D eigenvalue weighted by Gasteiger charge is 2.47. The second kappa shape index (κ2) is 9.06. The smallest absolute Gasteiger partial charge is 0.295 e. The maximum absolute atomic E-state index is 13.6. The number of nitrogens with one attached hydrogen (secondary N) is 1. The van der Waals surface area contributed by atoms with Gasteiger partial charge in [-0.3, -0.25) is 9.59 Å². The van der Waals surface area contributed by atoms with Gasteiger partial charge in [0.25, 0.3) is 11.7 Å². The van der Waals surface area contributed by atoms with Gasteiger partial charge < -0.3 is 24.6 Å². The van der Waals surface area contributed by atoms with Crippen molar-refractivity contribution in [3.63, 3.8) is 0 Å². The number of H-pyrrole nitrogens is 1. The van der Waals surface area contributed by atoms with E-state index in [1.165, 1.54) is 17.0 Å². The molecule has 38 heavy (non-hydrogen) atoms. The van der Waals surface area contributed by atoms with Gasteiger partial charge in [-0.05, 0) is 48.9 Å². The lowest BCUT2D eigenvalue weighted by Gasteiger charge is -2.28. The largest absolute Gasteiger partial charge is 0.507 e. The number of ketones is 1. The van der Waals surface area contributed by atoms with Crippen molar-refractivity contribution in [1.29, 1.82) is 0 Å². The molecule has 0 bridgehead atoms. The summed E-state index contributed by atoms with van der Waals surface area (Å²) in [6.45, 7) is 3.21. The Morgan fingerprint density at radius 3 is 2.66 bits per heavy atom. The molecular weight excluding hydrogens is 485 g/mol. The molecule has 4 aromatic rings. The Hall–Kier alpha value is -4.59. The topological polar surface area (TPSA) is 85.9 Å². The number of aliphatic hydroxyl groups is 1. The molecule has 0 radical (unpaired) electrons. The van der Waals surface area contributed by atoms with Crippen molar-refractivity contribution in [3.8, 4) is 5.75 Å². The minimum atomic E-state index is -0.846. The van der Waals surface area contributed by atoms with Gasteiger partial charge in [-0.2, -0.15) is 0 Å². The lowest BCUT2D eigenvalue weighted by molar-refractivity contribution is -0.140. The summed E-state index contributed by atoms with van der Waals surface area (Å²) in [6, 6.07) is 17.9. The van der Waals surface area contributed by atoms with Crippen molar-refractivity contribution < 1.29 is 23.8 Å². The third-order valence-corrected chi connectivity index (χ3v) is 7.35. The number of carbonyl (C=O) groups is 2. The van der Waals surface area contributed by atoms with Gasteiger partial charge in [0, 0.05) is 41.3 Å². The highest BCUT2D eigenvalue weighted by Crippen LogP contribution is 2.45. The molecule has 192 valence electrons. The molecular formula is C30H26FN3O4. The average Bonchev–Trinajstić information content (AvgIpc) is 3.37. The molecule has 1 amide bonds. The van der Waals surface area contributed by atoms with Gasteiger partial charge in [0.2, 0.25) is 0 Å². The molecule has 2 aliphatic heterocycles. The minimum absolute atomic E-state index is 0.0179. The van der Waals surface area contributed by atoms with Gasteiger partial charge in [-0.1, -0.05) is 30.3 Å². The van der Waals surface area contributed by atoms with Crippen molar-refractivity contribution in [2.45, 2.75) is 19.5 Å². The van der Waals surface area contributed by atoms with E-state index >= 15 is 0 Å². The maximum Gasteiger partial charge on any atom is 0.295 e. The fourth-order valence-electron chi connectivity index (χ4n) is 5.43. The molecule has 1 aromatic heterocycles. The number of benzene rings is 3. The number of ether oxygens (including phenoxy) is 1. The summed E-state index contributed by atoms with van der Waals surface area (Å²) in [5.41, 5.74) is 4.28. The third kappa shape index (κ3) is 3.80. The summed E-state index contributed by atoms with van der Waals surface area (Å²) >= 11 is 0. The van der Waals surface area contributed by atoms with E-state index in [1.54, 1.807) is 30.3 Å².